The Bertz CT molecular complexity index is 1340. The van der Waals surface area contributed by atoms with Crippen LogP contribution in [-0.2, 0) is 17.9 Å². The highest BCUT2D eigenvalue weighted by molar-refractivity contribution is 7.17. The Morgan fingerprint density at radius 1 is 1.03 bits per heavy atom. The van der Waals surface area contributed by atoms with Gasteiger partial charge in [0.1, 0.15) is 10.7 Å². The second-order valence-corrected chi connectivity index (χ2v) is 9.88. The van der Waals surface area contributed by atoms with Crippen LogP contribution in [0.25, 0.3) is 21.3 Å². The summed E-state index contributed by atoms with van der Waals surface area (Å²) < 4.78 is 0. The molecular formula is C27H29N5O2S. The number of aromatic nitrogens is 2. The van der Waals surface area contributed by atoms with Crippen LogP contribution in [0, 0.1) is 0 Å². The molecule has 1 amide bonds. The Balaban J connectivity index is 1.17. The summed E-state index contributed by atoms with van der Waals surface area (Å²) >= 11 is 1.47. The number of H-pyrrole nitrogens is 1. The van der Waals surface area contributed by atoms with Crippen LogP contribution in [0.3, 0.4) is 0 Å². The summed E-state index contributed by atoms with van der Waals surface area (Å²) in [5, 5.41) is 2.61. The number of hydrogen-bond acceptors (Lipinski definition) is 6. The van der Waals surface area contributed by atoms with Crippen molar-refractivity contribution >= 4 is 27.5 Å². The zero-order valence-electron chi connectivity index (χ0n) is 19.8. The molecule has 1 N–H and O–H groups in total. The summed E-state index contributed by atoms with van der Waals surface area (Å²) in [5.74, 6) is 0.685. The Kier molecular flexibility index (Phi) is 7.03. The van der Waals surface area contributed by atoms with Crippen molar-refractivity contribution in [2.45, 2.75) is 13.1 Å². The highest BCUT2D eigenvalue weighted by atomic mass is 32.1. The van der Waals surface area contributed by atoms with E-state index < -0.39 is 0 Å². The monoisotopic (exact) mass is 487 g/mol. The van der Waals surface area contributed by atoms with E-state index in [1.807, 2.05) is 58.6 Å². The molecule has 7 nitrogen and oxygen atoms in total. The summed E-state index contributed by atoms with van der Waals surface area (Å²) in [4.78, 5) is 40.3. The van der Waals surface area contributed by atoms with Crippen molar-refractivity contribution in [3.8, 4) is 11.1 Å². The molecule has 0 saturated carbocycles. The molecule has 4 aromatic rings. The lowest BCUT2D eigenvalue weighted by Gasteiger charge is -2.35. The van der Waals surface area contributed by atoms with E-state index >= 15 is 0 Å². The first kappa shape index (κ1) is 23.4. The number of hydrogen-bond donors (Lipinski definition) is 1. The standard InChI is InChI=1S/C27H29N5O2S/c1-30(18-24(33)32-14-12-31(13-15-32)16-20-8-4-2-5-9-20)17-23-28-26(34)25-22(19-35-27(25)29-23)21-10-6-3-7-11-21/h2-11,19H,12-18H2,1H3,(H,28,29,34). The van der Waals surface area contributed by atoms with E-state index in [1.54, 1.807) is 0 Å². The third kappa shape index (κ3) is 5.51. The van der Waals surface area contributed by atoms with E-state index in [1.165, 1.54) is 16.9 Å². The first-order valence-corrected chi connectivity index (χ1v) is 12.7. The number of carbonyl (C=O) groups excluding carboxylic acids is 1. The summed E-state index contributed by atoms with van der Waals surface area (Å²) in [7, 11) is 1.89. The predicted molar refractivity (Wildman–Crippen MR) is 140 cm³/mol. The van der Waals surface area contributed by atoms with Gasteiger partial charge in [0.05, 0.1) is 18.5 Å². The maximum Gasteiger partial charge on any atom is 0.260 e. The van der Waals surface area contributed by atoms with Gasteiger partial charge in [-0.05, 0) is 18.2 Å². The quantitative estimate of drug-likeness (QED) is 0.433. The first-order valence-electron chi connectivity index (χ1n) is 11.9. The van der Waals surface area contributed by atoms with Crippen molar-refractivity contribution in [1.82, 2.24) is 24.7 Å². The molecular weight excluding hydrogens is 458 g/mol. The lowest BCUT2D eigenvalue weighted by molar-refractivity contribution is -0.134. The van der Waals surface area contributed by atoms with E-state index in [0.29, 0.717) is 24.3 Å². The molecule has 0 atom stereocenters. The second kappa shape index (κ2) is 10.5. The number of piperazine rings is 1. The fourth-order valence-electron chi connectivity index (χ4n) is 4.54. The van der Waals surface area contributed by atoms with Gasteiger partial charge in [-0.2, -0.15) is 0 Å². The van der Waals surface area contributed by atoms with Gasteiger partial charge in [-0.25, -0.2) is 4.98 Å². The average Bonchev–Trinajstić information content (AvgIpc) is 3.30. The lowest BCUT2D eigenvalue weighted by atomic mass is 10.1. The van der Waals surface area contributed by atoms with Gasteiger partial charge in [0.2, 0.25) is 5.91 Å². The summed E-state index contributed by atoms with van der Waals surface area (Å²) in [6.07, 6.45) is 0. The minimum Gasteiger partial charge on any atom is -0.339 e. The number of fused-ring (bicyclic) bond motifs is 1. The molecule has 8 heteroatoms. The molecule has 1 aliphatic rings. The molecule has 1 fully saturated rings. The highest BCUT2D eigenvalue weighted by Crippen LogP contribution is 2.30. The Morgan fingerprint density at radius 3 is 2.43 bits per heavy atom. The minimum atomic E-state index is -0.139. The predicted octanol–water partition coefficient (Wildman–Crippen LogP) is 3.43. The van der Waals surface area contributed by atoms with Crippen LogP contribution in [0.5, 0.6) is 0 Å². The molecule has 35 heavy (non-hydrogen) atoms. The van der Waals surface area contributed by atoms with Crippen LogP contribution < -0.4 is 5.56 Å². The van der Waals surface area contributed by atoms with Crippen molar-refractivity contribution in [3.63, 3.8) is 0 Å². The molecule has 3 heterocycles. The molecule has 180 valence electrons. The number of benzene rings is 2. The van der Waals surface area contributed by atoms with Gasteiger partial charge >= 0.3 is 0 Å². The van der Waals surface area contributed by atoms with E-state index in [9.17, 15) is 9.59 Å². The zero-order chi connectivity index (χ0) is 24.2. The van der Waals surface area contributed by atoms with Gasteiger partial charge in [-0.15, -0.1) is 11.3 Å². The summed E-state index contributed by atoms with van der Waals surface area (Å²) in [6.45, 7) is 4.83. The Labute approximate surface area is 208 Å². The summed E-state index contributed by atoms with van der Waals surface area (Å²) in [6, 6.07) is 20.3. The van der Waals surface area contributed by atoms with E-state index in [4.69, 9.17) is 0 Å². The van der Waals surface area contributed by atoms with Crippen LogP contribution in [0.4, 0.5) is 0 Å². The number of nitrogens with zero attached hydrogens (tertiary/aromatic N) is 4. The van der Waals surface area contributed by atoms with Crippen molar-refractivity contribution in [3.05, 3.63) is 87.8 Å². The van der Waals surface area contributed by atoms with Crippen LogP contribution >= 0.6 is 11.3 Å². The Morgan fingerprint density at radius 2 is 1.71 bits per heavy atom. The number of carbonyl (C=O) groups is 1. The topological polar surface area (TPSA) is 72.5 Å². The number of thiophene rings is 1. The normalized spacial score (nSPS) is 14.6. The number of amides is 1. The molecule has 5 rings (SSSR count). The third-order valence-electron chi connectivity index (χ3n) is 6.38. The minimum absolute atomic E-state index is 0.109. The second-order valence-electron chi connectivity index (χ2n) is 9.02. The van der Waals surface area contributed by atoms with Crippen LogP contribution in [0.1, 0.15) is 11.4 Å². The zero-order valence-corrected chi connectivity index (χ0v) is 20.6. The van der Waals surface area contributed by atoms with Gasteiger partial charge in [-0.1, -0.05) is 60.7 Å². The summed E-state index contributed by atoms with van der Waals surface area (Å²) in [5.41, 5.74) is 3.07. The molecule has 0 bridgehead atoms. The molecule has 1 saturated heterocycles. The van der Waals surface area contributed by atoms with Gasteiger partial charge in [0, 0.05) is 43.7 Å². The molecule has 1 aliphatic heterocycles. The smallest absolute Gasteiger partial charge is 0.260 e. The van der Waals surface area contributed by atoms with Crippen molar-refractivity contribution in [2.75, 3.05) is 39.8 Å². The fraction of sp³-hybridized carbons (Fsp3) is 0.296. The SMILES string of the molecule is CN(CC(=O)N1CCN(Cc2ccccc2)CC1)Cc1nc2scc(-c3ccccc3)c2c(=O)[nH]1. The van der Waals surface area contributed by atoms with Crippen molar-refractivity contribution < 1.29 is 4.79 Å². The molecule has 2 aromatic heterocycles. The van der Waals surface area contributed by atoms with Gasteiger partial charge in [-0.3, -0.25) is 19.4 Å². The van der Waals surface area contributed by atoms with Crippen LogP contribution in [0.15, 0.2) is 70.8 Å². The van der Waals surface area contributed by atoms with Crippen LogP contribution in [-0.4, -0.2) is 70.3 Å². The van der Waals surface area contributed by atoms with E-state index in [0.717, 1.165) is 48.7 Å². The Hall–Kier alpha value is -3.33. The van der Waals surface area contributed by atoms with Gasteiger partial charge in [0.15, 0.2) is 0 Å². The maximum absolute atomic E-state index is 12.9. The van der Waals surface area contributed by atoms with Crippen LogP contribution in [0.2, 0.25) is 0 Å². The van der Waals surface area contributed by atoms with E-state index in [2.05, 4.69) is 39.1 Å². The number of likely N-dealkylation sites (N-methyl/N-ethyl adjacent to an activating group) is 1. The largest absolute Gasteiger partial charge is 0.339 e. The van der Waals surface area contributed by atoms with E-state index in [-0.39, 0.29) is 11.5 Å². The van der Waals surface area contributed by atoms with Gasteiger partial charge in [0.25, 0.3) is 5.56 Å². The lowest BCUT2D eigenvalue weighted by Crippen LogP contribution is -2.50. The highest BCUT2D eigenvalue weighted by Gasteiger charge is 2.22. The molecule has 0 radical (unpaired) electrons. The number of rotatable bonds is 7. The average molecular weight is 488 g/mol. The number of aromatic amines is 1. The van der Waals surface area contributed by atoms with Gasteiger partial charge < -0.3 is 9.88 Å². The van der Waals surface area contributed by atoms with Crippen molar-refractivity contribution in [1.29, 1.82) is 0 Å². The molecule has 2 aromatic carbocycles. The molecule has 0 spiro atoms. The maximum atomic E-state index is 12.9. The first-order chi connectivity index (χ1) is 17.1. The number of nitrogens with one attached hydrogen (secondary N) is 1. The fourth-order valence-corrected chi connectivity index (χ4v) is 5.50. The molecule has 0 unspecified atom stereocenters. The molecule has 0 aliphatic carbocycles. The third-order valence-corrected chi connectivity index (χ3v) is 7.25. The van der Waals surface area contributed by atoms with Crippen molar-refractivity contribution in [2.24, 2.45) is 0 Å².